The summed E-state index contributed by atoms with van der Waals surface area (Å²) in [7, 11) is 0. The zero-order valence-electron chi connectivity index (χ0n) is 11.8. The van der Waals surface area contributed by atoms with Crippen LogP contribution in [-0.4, -0.2) is 37.9 Å². The van der Waals surface area contributed by atoms with Gasteiger partial charge >= 0.3 is 6.09 Å². The van der Waals surface area contributed by atoms with E-state index in [2.05, 4.69) is 32.2 Å². The van der Waals surface area contributed by atoms with Crippen LogP contribution in [0.15, 0.2) is 9.99 Å². The van der Waals surface area contributed by atoms with Crippen molar-refractivity contribution in [1.29, 1.82) is 0 Å². The first-order valence-corrected chi connectivity index (χ1v) is 8.10. The van der Waals surface area contributed by atoms with Gasteiger partial charge in [-0.1, -0.05) is 17.4 Å². The highest BCUT2D eigenvalue weighted by molar-refractivity contribution is 9.11. The molecule has 1 unspecified atom stereocenters. The third-order valence-electron chi connectivity index (χ3n) is 3.35. The monoisotopic (exact) mass is 359 g/mol. The number of hydrogen-bond donors (Lipinski definition) is 1. The molecule has 0 radical (unpaired) electrons. The van der Waals surface area contributed by atoms with E-state index in [9.17, 15) is 9.90 Å². The Morgan fingerprint density at radius 1 is 1.50 bits per heavy atom. The van der Waals surface area contributed by atoms with Gasteiger partial charge in [-0.3, -0.25) is 0 Å². The molecule has 1 aliphatic rings. The van der Waals surface area contributed by atoms with Gasteiger partial charge in [0, 0.05) is 11.6 Å². The lowest BCUT2D eigenvalue weighted by Crippen LogP contribution is -2.51. The molecule has 1 atom stereocenters. The zero-order chi connectivity index (χ0) is 14.9. The molecule has 0 bridgehead atoms. The van der Waals surface area contributed by atoms with Crippen molar-refractivity contribution < 1.29 is 9.90 Å². The number of aromatic nitrogens is 2. The Bertz CT molecular complexity index is 536. The lowest BCUT2D eigenvalue weighted by atomic mass is 9.91. The van der Waals surface area contributed by atoms with Gasteiger partial charge in [-0.05, 0) is 61.5 Å². The Hall–Kier alpha value is -0.950. The number of carbonyl (C=O) groups is 1. The highest BCUT2D eigenvalue weighted by Crippen LogP contribution is 2.34. The van der Waals surface area contributed by atoms with Crippen molar-refractivity contribution in [3.63, 3.8) is 0 Å². The summed E-state index contributed by atoms with van der Waals surface area (Å²) in [5, 5.41) is 18.4. The summed E-state index contributed by atoms with van der Waals surface area (Å²) in [5.74, 6) is 0. The number of amides is 1. The molecule has 110 valence electrons. The second kappa shape index (κ2) is 5.81. The smallest absolute Gasteiger partial charge is 0.407 e. The van der Waals surface area contributed by atoms with Gasteiger partial charge in [-0.25, -0.2) is 4.79 Å². The maximum atomic E-state index is 11.5. The average Bonchev–Trinajstić information content (AvgIpc) is 2.74. The summed E-state index contributed by atoms with van der Waals surface area (Å²) in [6.07, 6.45) is 3.65. The van der Waals surface area contributed by atoms with Crippen LogP contribution in [0.25, 0.3) is 5.57 Å². The predicted molar refractivity (Wildman–Crippen MR) is 82.8 cm³/mol. The van der Waals surface area contributed by atoms with Crippen molar-refractivity contribution in [3.8, 4) is 0 Å². The SMILES string of the molecule is CC(C)(C)N(C(=O)O)C1CC=C(c2nnc(Br)s2)CC1. The predicted octanol–water partition coefficient (Wildman–Crippen LogP) is 4.02. The zero-order valence-corrected chi connectivity index (χ0v) is 14.2. The molecular formula is C13H18BrN3O2S. The Kier molecular flexibility index (Phi) is 4.49. The summed E-state index contributed by atoms with van der Waals surface area (Å²) in [5.41, 5.74) is 0.789. The number of nitrogens with zero attached hydrogens (tertiary/aromatic N) is 3. The standard InChI is InChI=1S/C13H18BrN3O2S/c1-13(2,3)17(12(18)19)9-6-4-8(5-7-9)10-15-16-11(14)20-10/h4,9H,5-7H2,1-3H3,(H,18,19). The van der Waals surface area contributed by atoms with Gasteiger partial charge in [0.15, 0.2) is 3.92 Å². The highest BCUT2D eigenvalue weighted by atomic mass is 79.9. The fourth-order valence-electron chi connectivity index (χ4n) is 2.58. The molecule has 7 heteroatoms. The molecule has 2 rings (SSSR count). The Morgan fingerprint density at radius 2 is 2.20 bits per heavy atom. The molecule has 0 aromatic carbocycles. The molecule has 1 aromatic heterocycles. The van der Waals surface area contributed by atoms with Crippen LogP contribution in [0.3, 0.4) is 0 Å². The molecule has 0 saturated carbocycles. The van der Waals surface area contributed by atoms with Crippen molar-refractivity contribution in [2.24, 2.45) is 0 Å². The van der Waals surface area contributed by atoms with Crippen LogP contribution in [0.5, 0.6) is 0 Å². The van der Waals surface area contributed by atoms with Crippen LogP contribution in [0.1, 0.15) is 45.0 Å². The van der Waals surface area contributed by atoms with Crippen LogP contribution in [0.2, 0.25) is 0 Å². The third-order valence-corrected chi connectivity index (χ3v) is 4.78. The van der Waals surface area contributed by atoms with Gasteiger partial charge in [0.05, 0.1) is 0 Å². The van der Waals surface area contributed by atoms with Gasteiger partial charge in [0.25, 0.3) is 0 Å². The van der Waals surface area contributed by atoms with Gasteiger partial charge in [-0.15, -0.1) is 10.2 Å². The summed E-state index contributed by atoms with van der Waals surface area (Å²) in [6.45, 7) is 5.80. The molecule has 1 amide bonds. The van der Waals surface area contributed by atoms with E-state index < -0.39 is 6.09 Å². The normalized spacial score (nSPS) is 19.6. The van der Waals surface area contributed by atoms with Crippen molar-refractivity contribution in [2.75, 3.05) is 0 Å². The molecule has 0 fully saturated rings. The molecule has 1 aromatic rings. The minimum Gasteiger partial charge on any atom is -0.465 e. The fourth-order valence-corrected chi connectivity index (χ4v) is 3.75. The second-order valence-electron chi connectivity index (χ2n) is 5.84. The van der Waals surface area contributed by atoms with E-state index in [-0.39, 0.29) is 11.6 Å². The van der Waals surface area contributed by atoms with Gasteiger partial charge in [0.2, 0.25) is 0 Å². The lowest BCUT2D eigenvalue weighted by molar-refractivity contribution is 0.0673. The van der Waals surface area contributed by atoms with E-state index in [4.69, 9.17) is 0 Å². The Labute approximate surface area is 130 Å². The van der Waals surface area contributed by atoms with E-state index in [1.54, 1.807) is 4.90 Å². The second-order valence-corrected chi connectivity index (χ2v) is 8.09. The summed E-state index contributed by atoms with van der Waals surface area (Å²) in [4.78, 5) is 13.0. The first-order valence-electron chi connectivity index (χ1n) is 6.49. The van der Waals surface area contributed by atoms with E-state index in [1.807, 2.05) is 20.8 Å². The molecule has 0 aliphatic heterocycles. The average molecular weight is 360 g/mol. The minimum absolute atomic E-state index is 0.0348. The lowest BCUT2D eigenvalue weighted by Gasteiger charge is -2.40. The third kappa shape index (κ3) is 3.38. The largest absolute Gasteiger partial charge is 0.465 e. The van der Waals surface area contributed by atoms with Crippen molar-refractivity contribution >= 4 is 38.9 Å². The number of hydrogen-bond acceptors (Lipinski definition) is 4. The summed E-state index contributed by atoms with van der Waals surface area (Å²) < 4.78 is 0.775. The first kappa shape index (κ1) is 15.4. The van der Waals surface area contributed by atoms with E-state index in [0.717, 1.165) is 28.2 Å². The maximum absolute atomic E-state index is 11.5. The van der Waals surface area contributed by atoms with Gasteiger partial charge in [0.1, 0.15) is 5.01 Å². The topological polar surface area (TPSA) is 66.3 Å². The quantitative estimate of drug-likeness (QED) is 0.865. The summed E-state index contributed by atoms with van der Waals surface area (Å²) in [6, 6.07) is 0.0348. The van der Waals surface area contributed by atoms with Crippen LogP contribution in [0.4, 0.5) is 4.79 Å². The van der Waals surface area contributed by atoms with Crippen LogP contribution < -0.4 is 0 Å². The molecule has 5 nitrogen and oxygen atoms in total. The van der Waals surface area contributed by atoms with E-state index in [0.29, 0.717) is 0 Å². The molecule has 1 aliphatic carbocycles. The van der Waals surface area contributed by atoms with Gasteiger partial charge < -0.3 is 10.0 Å². The fraction of sp³-hybridized carbons (Fsp3) is 0.615. The molecule has 0 spiro atoms. The summed E-state index contributed by atoms with van der Waals surface area (Å²) >= 11 is 4.82. The van der Waals surface area contributed by atoms with Crippen LogP contribution in [0, 0.1) is 0 Å². The molecule has 1 heterocycles. The highest BCUT2D eigenvalue weighted by Gasteiger charge is 2.34. The van der Waals surface area contributed by atoms with E-state index in [1.165, 1.54) is 16.9 Å². The number of carboxylic acid groups (broad SMARTS) is 1. The number of allylic oxidation sites excluding steroid dienone is 1. The van der Waals surface area contributed by atoms with Gasteiger partial charge in [-0.2, -0.15) is 0 Å². The molecule has 1 N–H and O–H groups in total. The number of rotatable bonds is 2. The minimum atomic E-state index is -0.849. The van der Waals surface area contributed by atoms with Crippen LogP contribution >= 0.6 is 27.3 Å². The Morgan fingerprint density at radius 3 is 2.60 bits per heavy atom. The molecule has 20 heavy (non-hydrogen) atoms. The Balaban J connectivity index is 2.13. The van der Waals surface area contributed by atoms with E-state index >= 15 is 0 Å². The molecule has 0 saturated heterocycles. The maximum Gasteiger partial charge on any atom is 0.407 e. The van der Waals surface area contributed by atoms with Crippen molar-refractivity contribution in [1.82, 2.24) is 15.1 Å². The number of halogens is 1. The van der Waals surface area contributed by atoms with Crippen molar-refractivity contribution in [2.45, 2.75) is 51.6 Å². The van der Waals surface area contributed by atoms with Crippen LogP contribution in [-0.2, 0) is 0 Å². The molecular weight excluding hydrogens is 342 g/mol. The van der Waals surface area contributed by atoms with Crippen molar-refractivity contribution in [3.05, 3.63) is 15.0 Å². The first-order chi connectivity index (χ1) is 9.29.